The third-order valence-corrected chi connectivity index (χ3v) is 3.35. The molecule has 0 fully saturated rings. The van der Waals surface area contributed by atoms with E-state index in [4.69, 9.17) is 0 Å². The molecule has 3 aromatic rings. The van der Waals surface area contributed by atoms with E-state index in [1.807, 2.05) is 37.4 Å². The highest BCUT2D eigenvalue weighted by Gasteiger charge is 2.02. The van der Waals surface area contributed by atoms with Crippen LogP contribution in [-0.2, 0) is 6.54 Å². The minimum absolute atomic E-state index is 0.0403. The first kappa shape index (κ1) is 11.7. The predicted molar refractivity (Wildman–Crippen MR) is 78.5 cm³/mol. The summed E-state index contributed by atoms with van der Waals surface area (Å²) in [5.74, 6) is 0. The standard InChI is InChI=1S/C17H15NO/c1-13-9-10-17(19)18(11-13)12-15-7-4-6-14-5-2-3-8-16(14)15/h2-11H,12H2,1H3. The van der Waals surface area contributed by atoms with E-state index in [2.05, 4.69) is 24.3 Å². The first-order valence-corrected chi connectivity index (χ1v) is 6.38. The maximum absolute atomic E-state index is 11.9. The minimum atomic E-state index is 0.0403. The molecule has 19 heavy (non-hydrogen) atoms. The van der Waals surface area contributed by atoms with E-state index in [-0.39, 0.29) is 5.56 Å². The van der Waals surface area contributed by atoms with Gasteiger partial charge >= 0.3 is 0 Å². The molecule has 0 aliphatic rings. The van der Waals surface area contributed by atoms with Crippen molar-refractivity contribution < 1.29 is 0 Å². The van der Waals surface area contributed by atoms with Gasteiger partial charge in [-0.15, -0.1) is 0 Å². The van der Waals surface area contributed by atoms with Crippen LogP contribution in [0.2, 0.25) is 0 Å². The Labute approximate surface area is 111 Å². The summed E-state index contributed by atoms with van der Waals surface area (Å²) in [6.45, 7) is 2.61. The summed E-state index contributed by atoms with van der Waals surface area (Å²) in [7, 11) is 0. The van der Waals surface area contributed by atoms with Crippen LogP contribution in [0.5, 0.6) is 0 Å². The van der Waals surface area contributed by atoms with Crippen molar-refractivity contribution in [3.05, 3.63) is 82.3 Å². The van der Waals surface area contributed by atoms with E-state index in [9.17, 15) is 4.79 Å². The molecule has 0 bridgehead atoms. The van der Waals surface area contributed by atoms with Crippen LogP contribution in [0.3, 0.4) is 0 Å². The molecule has 0 spiro atoms. The van der Waals surface area contributed by atoms with Crippen LogP contribution < -0.4 is 5.56 Å². The predicted octanol–water partition coefficient (Wildman–Crippen LogP) is 3.36. The molecule has 3 rings (SSSR count). The van der Waals surface area contributed by atoms with Gasteiger partial charge in [0.2, 0.25) is 0 Å². The third kappa shape index (κ3) is 2.29. The normalized spacial score (nSPS) is 10.8. The molecule has 2 heteroatoms. The van der Waals surface area contributed by atoms with E-state index in [0.29, 0.717) is 6.54 Å². The molecule has 0 amide bonds. The van der Waals surface area contributed by atoms with Crippen LogP contribution >= 0.6 is 0 Å². The van der Waals surface area contributed by atoms with Gasteiger partial charge in [0.05, 0.1) is 6.54 Å². The highest BCUT2D eigenvalue weighted by atomic mass is 16.1. The maximum atomic E-state index is 11.9. The molecule has 0 atom stereocenters. The summed E-state index contributed by atoms with van der Waals surface area (Å²) in [5.41, 5.74) is 2.31. The van der Waals surface area contributed by atoms with Crippen molar-refractivity contribution >= 4 is 10.8 Å². The van der Waals surface area contributed by atoms with Gasteiger partial charge in [0.15, 0.2) is 0 Å². The molecule has 0 saturated heterocycles. The average molecular weight is 249 g/mol. The molecule has 0 unspecified atom stereocenters. The van der Waals surface area contributed by atoms with Gasteiger partial charge in [-0.1, -0.05) is 48.5 Å². The molecule has 2 nitrogen and oxygen atoms in total. The Kier molecular flexibility index (Phi) is 2.92. The smallest absolute Gasteiger partial charge is 0.250 e. The monoisotopic (exact) mass is 249 g/mol. The van der Waals surface area contributed by atoms with E-state index in [0.717, 1.165) is 5.56 Å². The molecule has 2 aromatic carbocycles. The average Bonchev–Trinajstić information content (AvgIpc) is 2.43. The van der Waals surface area contributed by atoms with Crippen molar-refractivity contribution in [3.8, 4) is 0 Å². The van der Waals surface area contributed by atoms with Crippen molar-refractivity contribution in [3.63, 3.8) is 0 Å². The van der Waals surface area contributed by atoms with Crippen LogP contribution in [0.4, 0.5) is 0 Å². The van der Waals surface area contributed by atoms with Crippen LogP contribution in [0.1, 0.15) is 11.1 Å². The number of fused-ring (bicyclic) bond motifs is 1. The molecule has 1 heterocycles. The Hall–Kier alpha value is -2.35. The Balaban J connectivity index is 2.11. The summed E-state index contributed by atoms with van der Waals surface area (Å²) in [4.78, 5) is 11.9. The highest BCUT2D eigenvalue weighted by molar-refractivity contribution is 5.85. The molecular formula is C17H15NO. The number of aromatic nitrogens is 1. The highest BCUT2D eigenvalue weighted by Crippen LogP contribution is 2.19. The first-order chi connectivity index (χ1) is 9.24. The fraction of sp³-hybridized carbons (Fsp3) is 0.118. The Morgan fingerprint density at radius 1 is 0.947 bits per heavy atom. The van der Waals surface area contributed by atoms with Crippen molar-refractivity contribution in [1.29, 1.82) is 0 Å². The van der Waals surface area contributed by atoms with Gasteiger partial charge in [-0.3, -0.25) is 4.79 Å². The number of hydrogen-bond donors (Lipinski definition) is 0. The number of nitrogens with zero attached hydrogens (tertiary/aromatic N) is 1. The summed E-state index contributed by atoms with van der Waals surface area (Å²) in [6, 6.07) is 18.0. The van der Waals surface area contributed by atoms with Gasteiger partial charge in [-0.25, -0.2) is 0 Å². The van der Waals surface area contributed by atoms with Gasteiger partial charge < -0.3 is 4.57 Å². The third-order valence-electron chi connectivity index (χ3n) is 3.35. The molecule has 1 aromatic heterocycles. The summed E-state index contributed by atoms with van der Waals surface area (Å²) in [5, 5.41) is 2.42. The Morgan fingerprint density at radius 2 is 1.74 bits per heavy atom. The molecule has 94 valence electrons. The Morgan fingerprint density at radius 3 is 2.63 bits per heavy atom. The van der Waals surface area contributed by atoms with Crippen molar-refractivity contribution in [1.82, 2.24) is 4.57 Å². The zero-order valence-electron chi connectivity index (χ0n) is 10.8. The lowest BCUT2D eigenvalue weighted by molar-refractivity contribution is 0.759. The lowest BCUT2D eigenvalue weighted by atomic mass is 10.0. The van der Waals surface area contributed by atoms with Crippen LogP contribution in [-0.4, -0.2) is 4.57 Å². The quantitative estimate of drug-likeness (QED) is 0.682. The largest absolute Gasteiger partial charge is 0.311 e. The van der Waals surface area contributed by atoms with Crippen molar-refractivity contribution in [2.45, 2.75) is 13.5 Å². The fourth-order valence-electron chi connectivity index (χ4n) is 2.39. The zero-order chi connectivity index (χ0) is 13.2. The number of benzene rings is 2. The van der Waals surface area contributed by atoms with Gasteiger partial charge in [0.25, 0.3) is 5.56 Å². The first-order valence-electron chi connectivity index (χ1n) is 6.38. The maximum Gasteiger partial charge on any atom is 0.250 e. The van der Waals surface area contributed by atoms with Gasteiger partial charge in [-0.05, 0) is 28.8 Å². The summed E-state index contributed by atoms with van der Waals surface area (Å²) < 4.78 is 1.76. The number of pyridine rings is 1. The number of hydrogen-bond acceptors (Lipinski definition) is 1. The van der Waals surface area contributed by atoms with Crippen LogP contribution in [0.15, 0.2) is 65.6 Å². The molecular weight excluding hydrogens is 234 g/mol. The van der Waals surface area contributed by atoms with Gasteiger partial charge in [-0.2, -0.15) is 0 Å². The van der Waals surface area contributed by atoms with Crippen molar-refractivity contribution in [2.24, 2.45) is 0 Å². The van der Waals surface area contributed by atoms with Gasteiger partial charge in [0, 0.05) is 12.3 Å². The lowest BCUT2D eigenvalue weighted by Gasteiger charge is -2.09. The van der Waals surface area contributed by atoms with Gasteiger partial charge in [0.1, 0.15) is 0 Å². The molecule has 0 aliphatic carbocycles. The number of aryl methyl sites for hydroxylation is 1. The van der Waals surface area contributed by atoms with Crippen LogP contribution in [0.25, 0.3) is 10.8 Å². The van der Waals surface area contributed by atoms with E-state index < -0.39 is 0 Å². The second-order valence-corrected chi connectivity index (χ2v) is 4.81. The van der Waals surface area contributed by atoms with E-state index >= 15 is 0 Å². The second kappa shape index (κ2) is 4.73. The van der Waals surface area contributed by atoms with E-state index in [1.165, 1.54) is 16.3 Å². The Bertz CT molecular complexity index is 781. The fourth-order valence-corrected chi connectivity index (χ4v) is 2.39. The topological polar surface area (TPSA) is 22.0 Å². The molecule has 0 N–H and O–H groups in total. The second-order valence-electron chi connectivity index (χ2n) is 4.81. The van der Waals surface area contributed by atoms with Crippen molar-refractivity contribution in [2.75, 3.05) is 0 Å². The lowest BCUT2D eigenvalue weighted by Crippen LogP contribution is -2.19. The number of rotatable bonds is 2. The zero-order valence-corrected chi connectivity index (χ0v) is 10.8. The molecule has 0 aliphatic heterocycles. The van der Waals surface area contributed by atoms with Crippen LogP contribution in [0, 0.1) is 6.92 Å². The molecule has 0 radical (unpaired) electrons. The summed E-state index contributed by atoms with van der Waals surface area (Å²) in [6.07, 6.45) is 1.91. The minimum Gasteiger partial charge on any atom is -0.311 e. The van der Waals surface area contributed by atoms with E-state index in [1.54, 1.807) is 10.6 Å². The summed E-state index contributed by atoms with van der Waals surface area (Å²) >= 11 is 0. The molecule has 0 saturated carbocycles. The SMILES string of the molecule is Cc1ccc(=O)n(Cc2cccc3ccccc23)c1.